The third-order valence-corrected chi connectivity index (χ3v) is 4.74. The van der Waals surface area contributed by atoms with Gasteiger partial charge in [0.15, 0.2) is 5.69 Å². The Hall–Kier alpha value is -2.45. The molecule has 8 nitrogen and oxygen atoms in total. The van der Waals surface area contributed by atoms with Crippen LogP contribution in [-0.4, -0.2) is 54.2 Å². The fourth-order valence-corrected chi connectivity index (χ4v) is 3.39. The highest BCUT2D eigenvalue weighted by molar-refractivity contribution is 6.31. The number of aliphatic hydroxyl groups is 1. The molecular formula is C16H17ClN6O2. The lowest BCUT2D eigenvalue weighted by Gasteiger charge is -2.32. The first-order valence-electron chi connectivity index (χ1n) is 8.10. The summed E-state index contributed by atoms with van der Waals surface area (Å²) in [5.74, 6) is -0.124. The zero-order chi connectivity index (χ0) is 17.4. The SMILES string of the molecule is O=C(c1n[nH]c2ccc(Cl)cc12)N1CCCC(n2cc(CO)nn2)C1. The molecule has 9 heteroatoms. The second kappa shape index (κ2) is 6.45. The van der Waals surface area contributed by atoms with E-state index in [0.717, 1.165) is 23.7 Å². The summed E-state index contributed by atoms with van der Waals surface area (Å²) >= 11 is 6.05. The van der Waals surface area contributed by atoms with Gasteiger partial charge in [-0.15, -0.1) is 5.10 Å². The van der Waals surface area contributed by atoms with E-state index in [1.165, 1.54) is 0 Å². The van der Waals surface area contributed by atoms with E-state index in [-0.39, 0.29) is 18.6 Å². The van der Waals surface area contributed by atoms with Crippen LogP contribution in [0.1, 0.15) is 35.1 Å². The molecule has 0 saturated carbocycles. The van der Waals surface area contributed by atoms with Gasteiger partial charge in [0.05, 0.1) is 24.4 Å². The zero-order valence-corrected chi connectivity index (χ0v) is 14.1. The van der Waals surface area contributed by atoms with Crippen molar-refractivity contribution in [2.24, 2.45) is 0 Å². The Bertz CT molecular complexity index is 920. The van der Waals surface area contributed by atoms with Gasteiger partial charge >= 0.3 is 0 Å². The quantitative estimate of drug-likeness (QED) is 0.741. The first-order chi connectivity index (χ1) is 12.2. The van der Waals surface area contributed by atoms with Crippen molar-refractivity contribution >= 4 is 28.4 Å². The van der Waals surface area contributed by atoms with Crippen LogP contribution in [0.15, 0.2) is 24.4 Å². The van der Waals surface area contributed by atoms with Crippen LogP contribution in [0.25, 0.3) is 10.9 Å². The molecule has 25 heavy (non-hydrogen) atoms. The highest BCUT2D eigenvalue weighted by atomic mass is 35.5. The lowest BCUT2D eigenvalue weighted by Crippen LogP contribution is -2.41. The Morgan fingerprint density at radius 1 is 1.44 bits per heavy atom. The average molecular weight is 361 g/mol. The normalized spacial score (nSPS) is 18.0. The van der Waals surface area contributed by atoms with Gasteiger partial charge in [0.2, 0.25) is 0 Å². The van der Waals surface area contributed by atoms with E-state index in [4.69, 9.17) is 16.7 Å². The number of hydrogen-bond donors (Lipinski definition) is 2. The lowest BCUT2D eigenvalue weighted by atomic mass is 10.0. The molecular weight excluding hydrogens is 344 g/mol. The molecule has 3 heterocycles. The summed E-state index contributed by atoms with van der Waals surface area (Å²) in [7, 11) is 0. The topological polar surface area (TPSA) is 99.9 Å². The van der Waals surface area contributed by atoms with Crippen molar-refractivity contribution in [1.29, 1.82) is 0 Å². The van der Waals surface area contributed by atoms with Crippen molar-refractivity contribution in [1.82, 2.24) is 30.1 Å². The summed E-state index contributed by atoms with van der Waals surface area (Å²) in [4.78, 5) is 14.7. The highest BCUT2D eigenvalue weighted by Gasteiger charge is 2.28. The van der Waals surface area contributed by atoms with E-state index in [1.807, 2.05) is 6.07 Å². The van der Waals surface area contributed by atoms with Gasteiger partial charge in [0, 0.05) is 23.5 Å². The monoisotopic (exact) mass is 360 g/mol. The van der Waals surface area contributed by atoms with Crippen molar-refractivity contribution < 1.29 is 9.90 Å². The van der Waals surface area contributed by atoms with Crippen molar-refractivity contribution in [2.75, 3.05) is 13.1 Å². The van der Waals surface area contributed by atoms with Crippen LogP contribution in [0.4, 0.5) is 0 Å². The number of amides is 1. The maximum atomic E-state index is 12.9. The summed E-state index contributed by atoms with van der Waals surface area (Å²) in [6.07, 6.45) is 3.50. The summed E-state index contributed by atoms with van der Waals surface area (Å²) in [6, 6.07) is 5.36. The van der Waals surface area contributed by atoms with Crippen LogP contribution in [0, 0.1) is 0 Å². The number of halogens is 1. The molecule has 0 radical (unpaired) electrons. The van der Waals surface area contributed by atoms with Crippen LogP contribution in [0.3, 0.4) is 0 Å². The number of rotatable bonds is 3. The second-order valence-corrected chi connectivity index (χ2v) is 6.59. The van der Waals surface area contributed by atoms with Gasteiger partial charge in [-0.2, -0.15) is 5.10 Å². The number of carbonyl (C=O) groups excluding carboxylic acids is 1. The first kappa shape index (κ1) is 16.0. The highest BCUT2D eigenvalue weighted by Crippen LogP contribution is 2.25. The number of aliphatic hydroxyl groups excluding tert-OH is 1. The molecule has 1 atom stereocenters. The number of carbonyl (C=O) groups is 1. The predicted octanol–water partition coefficient (Wildman–Crippen LogP) is 1.78. The fraction of sp³-hybridized carbons (Fsp3) is 0.375. The summed E-state index contributed by atoms with van der Waals surface area (Å²) in [6.45, 7) is 1.06. The van der Waals surface area contributed by atoms with E-state index in [0.29, 0.717) is 29.5 Å². The van der Waals surface area contributed by atoms with Crippen molar-refractivity contribution in [3.05, 3.63) is 40.8 Å². The zero-order valence-electron chi connectivity index (χ0n) is 13.4. The predicted molar refractivity (Wildman–Crippen MR) is 91.2 cm³/mol. The number of piperidine rings is 1. The van der Waals surface area contributed by atoms with Crippen LogP contribution >= 0.6 is 11.6 Å². The standard InChI is InChI=1S/C16H17ClN6O2/c17-10-3-4-14-13(6-10)15(20-19-14)16(25)22-5-1-2-12(8-22)23-7-11(9-24)18-21-23/h3-4,6-7,12,24H,1-2,5,8-9H2,(H,19,20). The minimum Gasteiger partial charge on any atom is -0.390 e. The Morgan fingerprint density at radius 2 is 2.32 bits per heavy atom. The molecule has 1 amide bonds. The largest absolute Gasteiger partial charge is 0.390 e. The number of likely N-dealkylation sites (tertiary alicyclic amines) is 1. The third kappa shape index (κ3) is 2.98. The van der Waals surface area contributed by atoms with E-state index in [1.54, 1.807) is 27.9 Å². The molecule has 0 spiro atoms. The van der Waals surface area contributed by atoms with Gasteiger partial charge in [-0.25, -0.2) is 4.68 Å². The minimum absolute atomic E-state index is 0.0410. The molecule has 1 aliphatic heterocycles. The van der Waals surface area contributed by atoms with Crippen molar-refractivity contribution in [3.8, 4) is 0 Å². The van der Waals surface area contributed by atoms with Gasteiger partial charge in [0.1, 0.15) is 5.69 Å². The fourth-order valence-electron chi connectivity index (χ4n) is 3.22. The molecule has 1 aromatic carbocycles. The van der Waals surface area contributed by atoms with Crippen LogP contribution in [-0.2, 0) is 6.61 Å². The number of aromatic nitrogens is 5. The molecule has 1 saturated heterocycles. The Kier molecular flexibility index (Phi) is 4.14. The van der Waals surface area contributed by atoms with Crippen molar-refractivity contribution in [2.45, 2.75) is 25.5 Å². The number of fused-ring (bicyclic) bond motifs is 1. The Labute approximate surface area is 148 Å². The number of nitrogens with one attached hydrogen (secondary N) is 1. The molecule has 1 aliphatic rings. The average Bonchev–Trinajstić information content (AvgIpc) is 3.28. The Morgan fingerprint density at radius 3 is 3.12 bits per heavy atom. The number of nitrogens with zero attached hydrogens (tertiary/aromatic N) is 5. The van der Waals surface area contributed by atoms with E-state index in [2.05, 4.69) is 20.5 Å². The maximum absolute atomic E-state index is 12.9. The summed E-state index contributed by atoms with van der Waals surface area (Å²) in [5.41, 5.74) is 1.69. The van der Waals surface area contributed by atoms with E-state index < -0.39 is 0 Å². The summed E-state index contributed by atoms with van der Waals surface area (Å²) < 4.78 is 1.73. The molecule has 2 aromatic heterocycles. The summed E-state index contributed by atoms with van der Waals surface area (Å²) in [5, 5.41) is 25.5. The molecule has 4 rings (SSSR count). The Balaban J connectivity index is 1.57. The van der Waals surface area contributed by atoms with Gasteiger partial charge in [-0.1, -0.05) is 16.8 Å². The van der Waals surface area contributed by atoms with Gasteiger partial charge < -0.3 is 10.0 Å². The lowest BCUT2D eigenvalue weighted by molar-refractivity contribution is 0.0667. The van der Waals surface area contributed by atoms with Crippen LogP contribution in [0.2, 0.25) is 5.02 Å². The molecule has 0 aliphatic carbocycles. The van der Waals surface area contributed by atoms with Crippen LogP contribution in [0.5, 0.6) is 0 Å². The maximum Gasteiger partial charge on any atom is 0.275 e. The number of benzene rings is 1. The smallest absolute Gasteiger partial charge is 0.275 e. The minimum atomic E-state index is -0.143. The number of aromatic amines is 1. The van der Waals surface area contributed by atoms with Gasteiger partial charge in [-0.3, -0.25) is 9.89 Å². The van der Waals surface area contributed by atoms with Crippen LogP contribution < -0.4 is 0 Å². The van der Waals surface area contributed by atoms with Crippen molar-refractivity contribution in [3.63, 3.8) is 0 Å². The number of hydrogen-bond acceptors (Lipinski definition) is 5. The third-order valence-electron chi connectivity index (χ3n) is 4.51. The molecule has 1 unspecified atom stereocenters. The molecule has 130 valence electrons. The van der Waals surface area contributed by atoms with Gasteiger partial charge in [-0.05, 0) is 31.0 Å². The van der Waals surface area contributed by atoms with E-state index in [9.17, 15) is 4.79 Å². The second-order valence-electron chi connectivity index (χ2n) is 6.16. The molecule has 1 fully saturated rings. The van der Waals surface area contributed by atoms with Gasteiger partial charge in [0.25, 0.3) is 5.91 Å². The molecule has 3 aromatic rings. The molecule has 0 bridgehead atoms. The molecule has 2 N–H and O–H groups in total. The van der Waals surface area contributed by atoms with E-state index >= 15 is 0 Å². The first-order valence-corrected chi connectivity index (χ1v) is 8.48. The number of H-pyrrole nitrogens is 1.